The standard InChI is InChI=1S/C18H20N2OS/c1-19-11-10-16(17-7-4-12-22-17)21-18-9-8-14-5-2-3-6-15(14)13-20-18/h2-9,12-13,16,19-20H,10-11H2,1H3. The molecule has 4 heteroatoms. The second-order valence-corrected chi connectivity index (χ2v) is 6.11. The van der Waals surface area contributed by atoms with Crippen molar-refractivity contribution in [3.63, 3.8) is 0 Å². The van der Waals surface area contributed by atoms with Gasteiger partial charge in [0.05, 0.1) is 0 Å². The van der Waals surface area contributed by atoms with Crippen molar-refractivity contribution in [3.05, 3.63) is 69.1 Å². The average Bonchev–Trinajstić information content (AvgIpc) is 3.01. The van der Waals surface area contributed by atoms with E-state index < -0.39 is 0 Å². The molecule has 3 rings (SSSR count). The van der Waals surface area contributed by atoms with Crippen LogP contribution >= 0.6 is 11.3 Å². The number of nitrogens with one attached hydrogen (secondary N) is 2. The number of thiophene rings is 1. The second kappa shape index (κ2) is 7.29. The van der Waals surface area contributed by atoms with E-state index in [0.29, 0.717) is 0 Å². The molecule has 1 aliphatic heterocycles. The SMILES string of the molecule is CNCCC(OC1=CC=c2ccccc2=CN1)c1cccs1. The van der Waals surface area contributed by atoms with E-state index in [1.807, 2.05) is 31.5 Å². The summed E-state index contributed by atoms with van der Waals surface area (Å²) in [6.45, 7) is 0.920. The normalized spacial score (nSPS) is 14.5. The lowest BCUT2D eigenvalue weighted by Crippen LogP contribution is -2.25. The van der Waals surface area contributed by atoms with Gasteiger partial charge in [-0.15, -0.1) is 11.3 Å². The van der Waals surface area contributed by atoms with Gasteiger partial charge in [-0.05, 0) is 47.6 Å². The van der Waals surface area contributed by atoms with E-state index in [1.165, 1.54) is 15.3 Å². The van der Waals surface area contributed by atoms with Crippen molar-refractivity contribution in [1.29, 1.82) is 0 Å². The van der Waals surface area contributed by atoms with Crippen molar-refractivity contribution < 1.29 is 4.74 Å². The van der Waals surface area contributed by atoms with Crippen LogP contribution < -0.4 is 21.1 Å². The van der Waals surface area contributed by atoms with E-state index in [1.54, 1.807) is 11.3 Å². The Labute approximate surface area is 134 Å². The fraction of sp³-hybridized carbons (Fsp3) is 0.222. The summed E-state index contributed by atoms with van der Waals surface area (Å²) < 4.78 is 6.21. The fourth-order valence-electron chi connectivity index (χ4n) is 2.39. The first-order valence-electron chi connectivity index (χ1n) is 7.45. The molecule has 2 heterocycles. The smallest absolute Gasteiger partial charge is 0.191 e. The molecule has 1 unspecified atom stereocenters. The van der Waals surface area contributed by atoms with Crippen LogP contribution in [0.4, 0.5) is 0 Å². The molecule has 0 aliphatic carbocycles. The van der Waals surface area contributed by atoms with Crippen LogP contribution in [0.15, 0.2) is 53.7 Å². The largest absolute Gasteiger partial charge is 0.470 e. The zero-order valence-corrected chi connectivity index (χ0v) is 13.4. The molecule has 22 heavy (non-hydrogen) atoms. The Morgan fingerprint density at radius 3 is 2.77 bits per heavy atom. The molecule has 0 amide bonds. The summed E-state index contributed by atoms with van der Waals surface area (Å²) in [4.78, 5) is 1.25. The van der Waals surface area contributed by atoms with E-state index >= 15 is 0 Å². The van der Waals surface area contributed by atoms with Gasteiger partial charge in [-0.2, -0.15) is 0 Å². The van der Waals surface area contributed by atoms with Crippen molar-refractivity contribution in [1.82, 2.24) is 10.6 Å². The zero-order valence-electron chi connectivity index (χ0n) is 12.6. The lowest BCUT2D eigenvalue weighted by molar-refractivity contribution is 0.104. The van der Waals surface area contributed by atoms with Gasteiger partial charge in [-0.25, -0.2) is 0 Å². The Morgan fingerprint density at radius 1 is 1.14 bits per heavy atom. The van der Waals surface area contributed by atoms with Gasteiger partial charge < -0.3 is 15.4 Å². The maximum Gasteiger partial charge on any atom is 0.191 e. The maximum atomic E-state index is 6.21. The predicted octanol–water partition coefficient (Wildman–Crippen LogP) is 2.08. The van der Waals surface area contributed by atoms with Crippen molar-refractivity contribution in [3.8, 4) is 0 Å². The van der Waals surface area contributed by atoms with Crippen molar-refractivity contribution in [2.24, 2.45) is 0 Å². The minimum absolute atomic E-state index is 0.0641. The highest BCUT2D eigenvalue weighted by atomic mass is 32.1. The number of fused-ring (bicyclic) bond motifs is 1. The molecule has 114 valence electrons. The maximum absolute atomic E-state index is 6.21. The van der Waals surface area contributed by atoms with Crippen LogP contribution in [0.25, 0.3) is 12.3 Å². The third kappa shape index (κ3) is 3.59. The van der Waals surface area contributed by atoms with Crippen LogP contribution in [-0.4, -0.2) is 13.6 Å². The summed E-state index contributed by atoms with van der Waals surface area (Å²) in [6, 6.07) is 12.5. The summed E-state index contributed by atoms with van der Waals surface area (Å²) >= 11 is 1.73. The van der Waals surface area contributed by atoms with E-state index in [2.05, 4.69) is 46.4 Å². The lowest BCUT2D eigenvalue weighted by atomic mass is 10.2. The van der Waals surface area contributed by atoms with Gasteiger partial charge in [0.2, 0.25) is 0 Å². The third-order valence-corrected chi connectivity index (χ3v) is 4.53. The predicted molar refractivity (Wildman–Crippen MR) is 92.5 cm³/mol. The first-order chi connectivity index (χ1) is 10.9. The number of hydrogen-bond acceptors (Lipinski definition) is 4. The second-order valence-electron chi connectivity index (χ2n) is 5.13. The van der Waals surface area contributed by atoms with E-state index in [-0.39, 0.29) is 6.10 Å². The molecule has 0 fully saturated rings. The van der Waals surface area contributed by atoms with Crippen LogP contribution in [0.2, 0.25) is 0 Å². The zero-order chi connectivity index (χ0) is 15.2. The fourth-order valence-corrected chi connectivity index (χ4v) is 3.18. The molecule has 2 aromatic rings. The quantitative estimate of drug-likeness (QED) is 0.857. The minimum Gasteiger partial charge on any atom is -0.470 e. The third-order valence-electron chi connectivity index (χ3n) is 3.57. The lowest BCUT2D eigenvalue weighted by Gasteiger charge is -2.19. The number of rotatable bonds is 6. The Morgan fingerprint density at radius 2 is 2.00 bits per heavy atom. The molecular formula is C18H20N2OS. The van der Waals surface area contributed by atoms with Crippen molar-refractivity contribution in [2.45, 2.75) is 12.5 Å². The minimum atomic E-state index is 0.0641. The van der Waals surface area contributed by atoms with Crippen LogP contribution in [0.3, 0.4) is 0 Å². The van der Waals surface area contributed by atoms with Gasteiger partial charge in [0.15, 0.2) is 5.88 Å². The Balaban J connectivity index is 1.79. The molecule has 3 nitrogen and oxygen atoms in total. The van der Waals surface area contributed by atoms with E-state index in [4.69, 9.17) is 4.74 Å². The molecule has 1 aromatic carbocycles. The van der Waals surface area contributed by atoms with Crippen molar-refractivity contribution >= 4 is 23.6 Å². The molecule has 2 N–H and O–H groups in total. The topological polar surface area (TPSA) is 33.3 Å². The number of hydrogen-bond donors (Lipinski definition) is 2. The van der Waals surface area contributed by atoms with Gasteiger partial charge in [-0.1, -0.05) is 30.3 Å². The molecular weight excluding hydrogens is 292 g/mol. The molecule has 0 bridgehead atoms. The molecule has 0 radical (unpaired) electrons. The summed E-state index contributed by atoms with van der Waals surface area (Å²) in [5.74, 6) is 0.783. The first kappa shape index (κ1) is 14.9. The van der Waals surface area contributed by atoms with Gasteiger partial charge in [-0.3, -0.25) is 0 Å². The Hall–Kier alpha value is -2.04. The van der Waals surface area contributed by atoms with Gasteiger partial charge >= 0.3 is 0 Å². The van der Waals surface area contributed by atoms with Crippen LogP contribution in [0.5, 0.6) is 0 Å². The van der Waals surface area contributed by atoms with Gasteiger partial charge in [0.1, 0.15) is 6.10 Å². The number of allylic oxidation sites excluding steroid dienone is 1. The van der Waals surface area contributed by atoms with Crippen LogP contribution in [0.1, 0.15) is 17.4 Å². The molecule has 1 aliphatic rings. The van der Waals surface area contributed by atoms with E-state index in [9.17, 15) is 0 Å². The van der Waals surface area contributed by atoms with Gasteiger partial charge in [0.25, 0.3) is 0 Å². The van der Waals surface area contributed by atoms with Gasteiger partial charge in [0, 0.05) is 17.5 Å². The average molecular weight is 312 g/mol. The highest BCUT2D eigenvalue weighted by Gasteiger charge is 2.15. The highest BCUT2D eigenvalue weighted by Crippen LogP contribution is 2.27. The van der Waals surface area contributed by atoms with Crippen LogP contribution in [-0.2, 0) is 4.74 Å². The summed E-state index contributed by atoms with van der Waals surface area (Å²) in [5, 5.41) is 10.9. The summed E-state index contributed by atoms with van der Waals surface area (Å²) in [5.41, 5.74) is 0. The van der Waals surface area contributed by atoms with E-state index in [0.717, 1.165) is 18.8 Å². The summed E-state index contributed by atoms with van der Waals surface area (Å²) in [7, 11) is 1.97. The highest BCUT2D eigenvalue weighted by molar-refractivity contribution is 7.10. The monoisotopic (exact) mass is 312 g/mol. The van der Waals surface area contributed by atoms with Crippen molar-refractivity contribution in [2.75, 3.05) is 13.6 Å². The Bertz CT molecular complexity index is 750. The molecule has 0 spiro atoms. The molecule has 1 atom stereocenters. The van der Waals surface area contributed by atoms with Crippen LogP contribution in [0, 0.1) is 0 Å². The molecule has 1 aromatic heterocycles. The number of ether oxygens (including phenoxy) is 1. The Kier molecular flexibility index (Phi) is 4.93. The first-order valence-corrected chi connectivity index (χ1v) is 8.33. The molecule has 0 saturated heterocycles. The molecule has 0 saturated carbocycles. The summed E-state index contributed by atoms with van der Waals surface area (Å²) in [6.07, 6.45) is 7.08. The number of benzene rings is 1.